The summed E-state index contributed by atoms with van der Waals surface area (Å²) < 4.78 is 11.1. The van der Waals surface area contributed by atoms with Gasteiger partial charge in [0.15, 0.2) is 0 Å². The summed E-state index contributed by atoms with van der Waals surface area (Å²) in [5, 5.41) is 15.1. The average molecular weight is 416 g/mol. The largest absolute Gasteiger partial charge is 0.497 e. The van der Waals surface area contributed by atoms with E-state index in [0.29, 0.717) is 23.9 Å². The zero-order valence-electron chi connectivity index (χ0n) is 19.2. The molecule has 3 aliphatic rings. The molecule has 0 bridgehead atoms. The molecule has 4 nitrogen and oxygen atoms in total. The first-order valence-electron chi connectivity index (χ1n) is 12.2. The van der Waals surface area contributed by atoms with Crippen molar-refractivity contribution in [2.24, 2.45) is 17.3 Å². The third kappa shape index (κ3) is 4.50. The van der Waals surface area contributed by atoms with E-state index in [1.165, 1.54) is 50.5 Å². The van der Waals surface area contributed by atoms with Crippen LogP contribution < -0.4 is 14.8 Å². The minimum atomic E-state index is -0.158. The van der Waals surface area contributed by atoms with Crippen molar-refractivity contribution in [2.45, 2.75) is 95.7 Å². The van der Waals surface area contributed by atoms with Crippen molar-refractivity contribution in [1.82, 2.24) is 5.32 Å². The van der Waals surface area contributed by atoms with Crippen LogP contribution in [0.1, 0.15) is 76.7 Å². The van der Waals surface area contributed by atoms with Crippen LogP contribution in [0.15, 0.2) is 18.2 Å². The fourth-order valence-electron chi connectivity index (χ4n) is 6.77. The highest BCUT2D eigenvalue weighted by Crippen LogP contribution is 2.53. The number of hydrogen-bond donors (Lipinski definition) is 2. The molecule has 1 aromatic rings. The van der Waals surface area contributed by atoms with Gasteiger partial charge in [0.25, 0.3) is 0 Å². The highest BCUT2D eigenvalue weighted by Gasteiger charge is 2.51. The van der Waals surface area contributed by atoms with Gasteiger partial charge in [-0.05, 0) is 79.9 Å². The number of fused-ring (bicyclic) bond motifs is 1. The molecule has 0 radical (unpaired) electrons. The molecular formula is C26H41NO3. The van der Waals surface area contributed by atoms with Gasteiger partial charge in [0.2, 0.25) is 0 Å². The molecule has 3 unspecified atom stereocenters. The second kappa shape index (κ2) is 9.48. The molecule has 0 aromatic heterocycles. The van der Waals surface area contributed by atoms with Crippen molar-refractivity contribution in [3.8, 4) is 11.5 Å². The lowest BCUT2D eigenvalue weighted by Crippen LogP contribution is -2.57. The first kappa shape index (κ1) is 22.0. The molecule has 0 amide bonds. The maximum atomic E-state index is 11.0. The summed E-state index contributed by atoms with van der Waals surface area (Å²) in [5.74, 6) is 2.83. The second-order valence-corrected chi connectivity index (χ2v) is 10.3. The van der Waals surface area contributed by atoms with Crippen LogP contribution in [-0.2, 0) is 6.42 Å². The summed E-state index contributed by atoms with van der Waals surface area (Å²) in [6.07, 6.45) is 13.3. The minimum Gasteiger partial charge on any atom is -0.497 e. The zero-order chi connectivity index (χ0) is 21.1. The minimum absolute atomic E-state index is 0.0522. The van der Waals surface area contributed by atoms with E-state index in [-0.39, 0.29) is 11.5 Å². The fourth-order valence-corrected chi connectivity index (χ4v) is 6.77. The summed E-state index contributed by atoms with van der Waals surface area (Å²) in [5.41, 5.74) is 1.34. The van der Waals surface area contributed by atoms with E-state index < -0.39 is 0 Å². The molecule has 1 aromatic carbocycles. The normalized spacial score (nSPS) is 34.9. The van der Waals surface area contributed by atoms with Gasteiger partial charge in [-0.1, -0.05) is 32.6 Å². The first-order valence-corrected chi connectivity index (χ1v) is 12.2. The maximum absolute atomic E-state index is 11.0. The molecule has 2 N–H and O–H groups in total. The molecule has 0 spiro atoms. The molecule has 4 rings (SSSR count). The van der Waals surface area contributed by atoms with Gasteiger partial charge in [-0.25, -0.2) is 0 Å². The van der Waals surface area contributed by atoms with Gasteiger partial charge in [-0.3, -0.25) is 0 Å². The number of aliphatic hydroxyl groups is 1. The molecule has 4 heteroatoms. The Bertz CT molecular complexity index is 679. The van der Waals surface area contributed by atoms with Crippen LogP contribution in [0.25, 0.3) is 0 Å². The van der Waals surface area contributed by atoms with Crippen LogP contribution in [0.3, 0.4) is 0 Å². The number of hydrogen-bond acceptors (Lipinski definition) is 4. The quantitative estimate of drug-likeness (QED) is 0.677. The summed E-state index contributed by atoms with van der Waals surface area (Å²) in [6.45, 7) is 2.36. The summed E-state index contributed by atoms with van der Waals surface area (Å²) >= 11 is 0. The molecule has 3 fully saturated rings. The van der Waals surface area contributed by atoms with Gasteiger partial charge in [0, 0.05) is 18.2 Å². The monoisotopic (exact) mass is 415 g/mol. The maximum Gasteiger partial charge on any atom is 0.122 e. The van der Waals surface area contributed by atoms with Crippen LogP contribution in [0.4, 0.5) is 0 Å². The topological polar surface area (TPSA) is 50.7 Å². The van der Waals surface area contributed by atoms with Crippen molar-refractivity contribution in [2.75, 3.05) is 14.2 Å². The van der Waals surface area contributed by atoms with Gasteiger partial charge >= 0.3 is 0 Å². The number of methoxy groups -OCH3 is 2. The van der Waals surface area contributed by atoms with Crippen LogP contribution in [0, 0.1) is 17.3 Å². The van der Waals surface area contributed by atoms with Gasteiger partial charge in [0.05, 0.1) is 20.3 Å². The SMILES string of the molecule is COc1cc(CC2C(NC3CCCCC3)CC[C@@]3(C)C2CCC[C@@H]3O)cc(OC)c1. The average Bonchev–Trinajstić information content (AvgIpc) is 2.77. The summed E-state index contributed by atoms with van der Waals surface area (Å²) in [7, 11) is 3.45. The number of benzene rings is 1. The van der Waals surface area contributed by atoms with Crippen LogP contribution >= 0.6 is 0 Å². The van der Waals surface area contributed by atoms with Crippen molar-refractivity contribution in [1.29, 1.82) is 0 Å². The van der Waals surface area contributed by atoms with Crippen molar-refractivity contribution < 1.29 is 14.6 Å². The predicted octanol–water partition coefficient (Wildman–Crippen LogP) is 5.11. The number of aliphatic hydroxyl groups excluding tert-OH is 1. The Labute approximate surface area is 182 Å². The summed E-state index contributed by atoms with van der Waals surface area (Å²) in [4.78, 5) is 0. The lowest BCUT2D eigenvalue weighted by molar-refractivity contribution is -0.0984. The Hall–Kier alpha value is -1.26. The van der Waals surface area contributed by atoms with Gasteiger partial charge < -0.3 is 19.9 Å². The van der Waals surface area contributed by atoms with Crippen molar-refractivity contribution >= 4 is 0 Å². The molecule has 30 heavy (non-hydrogen) atoms. The van der Waals surface area contributed by atoms with E-state index in [1.807, 2.05) is 6.07 Å². The summed E-state index contributed by atoms with van der Waals surface area (Å²) in [6, 6.07) is 7.51. The number of rotatable bonds is 6. The smallest absolute Gasteiger partial charge is 0.122 e. The number of ether oxygens (including phenoxy) is 2. The van der Waals surface area contributed by atoms with Gasteiger partial charge in [0.1, 0.15) is 11.5 Å². The Morgan fingerprint density at radius 1 is 0.933 bits per heavy atom. The molecule has 0 aliphatic heterocycles. The Kier molecular flexibility index (Phi) is 6.94. The molecule has 5 atom stereocenters. The van der Waals surface area contributed by atoms with E-state index in [0.717, 1.165) is 37.2 Å². The second-order valence-electron chi connectivity index (χ2n) is 10.3. The lowest BCUT2D eigenvalue weighted by Gasteiger charge is -2.55. The first-order chi connectivity index (χ1) is 14.5. The Morgan fingerprint density at radius 2 is 1.63 bits per heavy atom. The molecule has 0 heterocycles. The van der Waals surface area contributed by atoms with Gasteiger partial charge in [-0.15, -0.1) is 0 Å². The molecule has 168 valence electrons. The highest BCUT2D eigenvalue weighted by molar-refractivity contribution is 5.38. The van der Waals surface area contributed by atoms with Crippen LogP contribution in [0.5, 0.6) is 11.5 Å². The van der Waals surface area contributed by atoms with E-state index in [9.17, 15) is 5.11 Å². The standard InChI is InChI=1S/C26H41NO3/c1-26-13-12-24(27-19-8-5-4-6-9-19)22(23(26)10-7-11-25(26)28)16-18-14-20(29-2)17-21(15-18)30-3/h14-15,17,19,22-25,27-28H,4-13,16H2,1-3H3/t22?,23?,24?,25-,26-/m0/s1. The Balaban J connectivity index is 1.61. The van der Waals surface area contributed by atoms with E-state index in [1.54, 1.807) is 14.2 Å². The van der Waals surface area contributed by atoms with Crippen molar-refractivity contribution in [3.05, 3.63) is 23.8 Å². The van der Waals surface area contributed by atoms with Crippen LogP contribution in [-0.4, -0.2) is 37.5 Å². The molecule has 0 saturated heterocycles. The van der Waals surface area contributed by atoms with E-state index in [2.05, 4.69) is 24.4 Å². The Morgan fingerprint density at radius 3 is 2.30 bits per heavy atom. The third-order valence-electron chi connectivity index (χ3n) is 8.57. The van der Waals surface area contributed by atoms with E-state index in [4.69, 9.17) is 9.47 Å². The van der Waals surface area contributed by atoms with Crippen LogP contribution in [0.2, 0.25) is 0 Å². The van der Waals surface area contributed by atoms with Gasteiger partial charge in [-0.2, -0.15) is 0 Å². The number of nitrogens with one attached hydrogen (secondary N) is 1. The van der Waals surface area contributed by atoms with Crippen molar-refractivity contribution in [3.63, 3.8) is 0 Å². The predicted molar refractivity (Wildman–Crippen MR) is 121 cm³/mol. The molecule has 3 aliphatic carbocycles. The zero-order valence-corrected chi connectivity index (χ0v) is 19.2. The molecule has 3 saturated carbocycles. The highest BCUT2D eigenvalue weighted by atomic mass is 16.5. The third-order valence-corrected chi connectivity index (χ3v) is 8.57. The fraction of sp³-hybridized carbons (Fsp3) is 0.769. The lowest BCUT2D eigenvalue weighted by atomic mass is 9.53. The van der Waals surface area contributed by atoms with E-state index >= 15 is 0 Å². The molecular weight excluding hydrogens is 374 g/mol.